The Balaban J connectivity index is 1.50. The predicted octanol–water partition coefficient (Wildman–Crippen LogP) is 0.265. The van der Waals surface area contributed by atoms with Crippen LogP contribution in [0, 0.1) is 0 Å². The van der Waals surface area contributed by atoms with Crippen LogP contribution >= 0.6 is 0 Å². The minimum absolute atomic E-state index is 0.116. The zero-order valence-corrected chi connectivity index (χ0v) is 19.8. The van der Waals surface area contributed by atoms with Gasteiger partial charge in [0.15, 0.2) is 6.29 Å². The third kappa shape index (κ3) is 4.00. The van der Waals surface area contributed by atoms with Crippen molar-refractivity contribution in [2.45, 2.75) is 57.2 Å². The van der Waals surface area contributed by atoms with E-state index < -0.39 is 43.9 Å². The number of aliphatic hydroxyl groups is 5. The molecule has 10 heteroatoms. The summed E-state index contributed by atoms with van der Waals surface area (Å²) < 4.78 is 12.8. The molecule has 0 bridgehead atoms. The largest absolute Gasteiger partial charge is 0.394 e. The fraction of sp³-hybridized carbons (Fsp3) is 0.423. The number of benzene rings is 1. The van der Waals surface area contributed by atoms with Crippen molar-refractivity contribution in [1.29, 1.82) is 0 Å². The second kappa shape index (κ2) is 9.91. The molecule has 2 aromatic heterocycles. The van der Waals surface area contributed by atoms with Crippen molar-refractivity contribution in [3.05, 3.63) is 63.5 Å². The first-order valence-corrected chi connectivity index (χ1v) is 11.9. The van der Waals surface area contributed by atoms with E-state index in [1.54, 1.807) is 17.6 Å². The minimum Gasteiger partial charge on any atom is -0.394 e. The van der Waals surface area contributed by atoms with Gasteiger partial charge < -0.3 is 44.6 Å². The molecular formula is C26H30N2O8. The number of pyridine rings is 1. The molecule has 5 unspecified atom stereocenters. The Labute approximate surface area is 206 Å². The number of ether oxygens (including phenoxy) is 2. The Morgan fingerprint density at radius 1 is 1.19 bits per heavy atom. The van der Waals surface area contributed by atoms with Gasteiger partial charge in [-0.15, -0.1) is 0 Å². The third-order valence-corrected chi connectivity index (χ3v) is 7.16. The van der Waals surface area contributed by atoms with Crippen LogP contribution in [0.1, 0.15) is 23.6 Å². The van der Waals surface area contributed by atoms with Crippen LogP contribution in [0.3, 0.4) is 0 Å². The number of allylic oxidation sites excluding steroid dienone is 1. The summed E-state index contributed by atoms with van der Waals surface area (Å²) in [5.74, 6) is 0. The van der Waals surface area contributed by atoms with Crippen LogP contribution in [-0.4, -0.2) is 79.0 Å². The molecule has 6 N–H and O–H groups in total. The number of H-pyrrole nitrogens is 1. The van der Waals surface area contributed by atoms with Crippen LogP contribution in [0.5, 0.6) is 0 Å². The van der Waals surface area contributed by atoms with Gasteiger partial charge in [-0.3, -0.25) is 4.79 Å². The van der Waals surface area contributed by atoms with E-state index in [2.05, 4.69) is 4.98 Å². The van der Waals surface area contributed by atoms with E-state index in [1.165, 1.54) is 0 Å². The molecule has 36 heavy (non-hydrogen) atoms. The van der Waals surface area contributed by atoms with Crippen LogP contribution in [-0.2, 0) is 29.0 Å². The molecule has 5 rings (SSSR count). The Morgan fingerprint density at radius 2 is 1.97 bits per heavy atom. The maximum absolute atomic E-state index is 13.4. The highest BCUT2D eigenvalue weighted by molar-refractivity contribution is 5.91. The van der Waals surface area contributed by atoms with E-state index in [0.29, 0.717) is 29.8 Å². The van der Waals surface area contributed by atoms with E-state index in [0.717, 1.165) is 22.2 Å². The number of para-hydroxylation sites is 1. The number of hydrogen-bond acceptors (Lipinski definition) is 8. The molecule has 0 amide bonds. The lowest BCUT2D eigenvalue weighted by atomic mass is 9.95. The lowest BCUT2D eigenvalue weighted by Gasteiger charge is -2.39. The van der Waals surface area contributed by atoms with Crippen molar-refractivity contribution in [3.63, 3.8) is 0 Å². The number of aryl methyl sites for hydroxylation is 1. The van der Waals surface area contributed by atoms with Crippen LogP contribution in [0.4, 0.5) is 0 Å². The number of aliphatic hydroxyl groups excluding tert-OH is 5. The molecule has 4 heterocycles. The first kappa shape index (κ1) is 24.8. The van der Waals surface area contributed by atoms with Crippen molar-refractivity contribution in [3.8, 4) is 11.4 Å². The van der Waals surface area contributed by atoms with Gasteiger partial charge in [-0.1, -0.05) is 24.3 Å². The molecule has 192 valence electrons. The summed E-state index contributed by atoms with van der Waals surface area (Å²) in [5.41, 5.74) is 4.69. The quantitative estimate of drug-likeness (QED) is 0.283. The lowest BCUT2D eigenvalue weighted by Crippen LogP contribution is -2.59. The number of aromatic nitrogens is 2. The van der Waals surface area contributed by atoms with Crippen molar-refractivity contribution in [1.82, 2.24) is 9.55 Å². The topological polar surface area (TPSA) is 157 Å². The number of hydrogen-bond donors (Lipinski definition) is 6. The minimum atomic E-state index is -1.56. The zero-order valence-electron chi connectivity index (χ0n) is 19.8. The highest BCUT2D eigenvalue weighted by Gasteiger charge is 2.44. The van der Waals surface area contributed by atoms with E-state index >= 15 is 0 Å². The van der Waals surface area contributed by atoms with Crippen LogP contribution in [0.25, 0.3) is 27.9 Å². The van der Waals surface area contributed by atoms with E-state index in [4.69, 9.17) is 9.47 Å². The molecule has 0 radical (unpaired) electrons. The number of rotatable bonds is 6. The summed E-state index contributed by atoms with van der Waals surface area (Å²) in [4.78, 5) is 16.8. The summed E-state index contributed by atoms with van der Waals surface area (Å²) in [6, 6.07) is 9.82. The van der Waals surface area contributed by atoms with Crippen LogP contribution in [0.2, 0.25) is 0 Å². The molecule has 2 aliphatic heterocycles. The summed E-state index contributed by atoms with van der Waals surface area (Å²) >= 11 is 0. The highest BCUT2D eigenvalue weighted by atomic mass is 16.7. The molecule has 0 aliphatic carbocycles. The average Bonchev–Trinajstić information content (AvgIpc) is 3.28. The summed E-state index contributed by atoms with van der Waals surface area (Å²) in [7, 11) is 0. The van der Waals surface area contributed by atoms with E-state index in [1.807, 2.05) is 30.3 Å². The molecule has 5 atom stereocenters. The molecule has 0 saturated carbocycles. The monoisotopic (exact) mass is 498 g/mol. The first-order chi connectivity index (χ1) is 17.4. The number of nitrogens with zero attached hydrogens (tertiary/aromatic N) is 1. The van der Waals surface area contributed by atoms with Gasteiger partial charge in [0, 0.05) is 17.4 Å². The van der Waals surface area contributed by atoms with Gasteiger partial charge in [-0.05, 0) is 42.2 Å². The standard InChI is InChI=1S/C26H30N2O8/c1-2-13(12-35-26-24(33)23(32)22(31)20(11-30)36-26)16-9-19-21-15(14-5-3-4-6-18(14)27-21)7-8-28(19)25(34)17(16)10-29/h2-6,9,20,22-24,26-27,29-33H,7-8,10-12H2,1H3. The second-order valence-electron chi connectivity index (χ2n) is 9.13. The third-order valence-electron chi connectivity index (χ3n) is 7.16. The normalized spacial score (nSPS) is 26.2. The fourth-order valence-electron chi connectivity index (χ4n) is 5.15. The van der Waals surface area contributed by atoms with Crippen LogP contribution in [0.15, 0.2) is 41.2 Å². The molecule has 2 aliphatic rings. The summed E-state index contributed by atoms with van der Waals surface area (Å²) in [5, 5.41) is 51.0. The Hall–Kier alpha value is -2.83. The van der Waals surface area contributed by atoms with Gasteiger partial charge in [0.25, 0.3) is 5.56 Å². The van der Waals surface area contributed by atoms with E-state index in [-0.39, 0.29) is 17.7 Å². The van der Waals surface area contributed by atoms with Gasteiger partial charge in [0.2, 0.25) is 0 Å². The van der Waals surface area contributed by atoms with Crippen LogP contribution < -0.4 is 5.56 Å². The second-order valence-corrected chi connectivity index (χ2v) is 9.13. The number of nitrogens with one attached hydrogen (secondary N) is 1. The van der Waals surface area contributed by atoms with Crippen molar-refractivity contribution in [2.75, 3.05) is 13.2 Å². The average molecular weight is 499 g/mol. The van der Waals surface area contributed by atoms with Gasteiger partial charge in [-0.25, -0.2) is 0 Å². The molecule has 0 spiro atoms. The van der Waals surface area contributed by atoms with Gasteiger partial charge in [0.05, 0.1) is 36.8 Å². The van der Waals surface area contributed by atoms with Crippen molar-refractivity contribution >= 4 is 16.5 Å². The molecule has 1 saturated heterocycles. The Kier molecular flexibility index (Phi) is 6.84. The fourth-order valence-corrected chi connectivity index (χ4v) is 5.15. The SMILES string of the molecule is CC=C(COC1OC(CO)C(O)C(O)C1O)c1cc2n(c(=O)c1CO)CCc1c-2[nH]c2ccccc12. The van der Waals surface area contributed by atoms with Gasteiger partial charge in [-0.2, -0.15) is 0 Å². The molecule has 1 aromatic carbocycles. The molecule has 1 fully saturated rings. The van der Waals surface area contributed by atoms with E-state index in [9.17, 15) is 30.3 Å². The first-order valence-electron chi connectivity index (χ1n) is 11.9. The predicted molar refractivity (Wildman–Crippen MR) is 131 cm³/mol. The molecular weight excluding hydrogens is 468 g/mol. The van der Waals surface area contributed by atoms with Gasteiger partial charge >= 0.3 is 0 Å². The zero-order chi connectivity index (χ0) is 25.6. The Bertz CT molecular complexity index is 1360. The number of aromatic amines is 1. The highest BCUT2D eigenvalue weighted by Crippen LogP contribution is 2.35. The van der Waals surface area contributed by atoms with Crippen molar-refractivity contribution < 1.29 is 35.0 Å². The maximum Gasteiger partial charge on any atom is 0.257 e. The lowest BCUT2D eigenvalue weighted by molar-refractivity contribution is -0.297. The Morgan fingerprint density at radius 3 is 2.69 bits per heavy atom. The van der Waals surface area contributed by atoms with Gasteiger partial charge in [0.1, 0.15) is 24.4 Å². The van der Waals surface area contributed by atoms with Crippen molar-refractivity contribution in [2.24, 2.45) is 0 Å². The smallest absolute Gasteiger partial charge is 0.257 e. The number of fused-ring (bicyclic) bond motifs is 5. The molecule has 3 aromatic rings. The molecule has 10 nitrogen and oxygen atoms in total. The maximum atomic E-state index is 13.4. The summed E-state index contributed by atoms with van der Waals surface area (Å²) in [6.07, 6.45) is -4.57. The summed E-state index contributed by atoms with van der Waals surface area (Å²) in [6.45, 7) is 1.10.